The van der Waals surface area contributed by atoms with Gasteiger partial charge in [0, 0.05) is 31.6 Å². The van der Waals surface area contributed by atoms with Crippen LogP contribution < -0.4 is 20.3 Å². The van der Waals surface area contributed by atoms with Crippen LogP contribution in [0.3, 0.4) is 0 Å². The maximum absolute atomic E-state index is 11.8. The van der Waals surface area contributed by atoms with Gasteiger partial charge in [-0.2, -0.15) is 4.98 Å². The van der Waals surface area contributed by atoms with Gasteiger partial charge in [-0.05, 0) is 30.7 Å². The van der Waals surface area contributed by atoms with Gasteiger partial charge in [0.15, 0.2) is 0 Å². The van der Waals surface area contributed by atoms with E-state index in [9.17, 15) is 8.42 Å². The van der Waals surface area contributed by atoms with Gasteiger partial charge < -0.3 is 15.5 Å². The zero-order valence-corrected chi connectivity index (χ0v) is 17.9. The normalized spacial score (nSPS) is 15.7. The van der Waals surface area contributed by atoms with Crippen LogP contribution in [0, 0.1) is 0 Å². The molecule has 1 unspecified atom stereocenters. The van der Waals surface area contributed by atoms with Crippen LogP contribution in [0.1, 0.15) is 18.5 Å². The number of anilines is 3. The van der Waals surface area contributed by atoms with Gasteiger partial charge in [-0.25, -0.2) is 13.4 Å². The summed E-state index contributed by atoms with van der Waals surface area (Å²) in [5.74, 6) is 1.43. The SMILES string of the molecule is CC(Nc1nc(N2CCNCC2)nc2ccccc12)c1ccccc1NS(C)(=O)=O. The Morgan fingerprint density at radius 2 is 1.73 bits per heavy atom. The zero-order valence-electron chi connectivity index (χ0n) is 17.1. The molecule has 3 N–H and O–H groups in total. The quantitative estimate of drug-likeness (QED) is 0.557. The number of para-hydroxylation sites is 2. The average molecular weight is 427 g/mol. The third-order valence-electron chi connectivity index (χ3n) is 5.07. The first-order valence-electron chi connectivity index (χ1n) is 9.96. The Morgan fingerprint density at radius 1 is 1.03 bits per heavy atom. The second kappa shape index (κ2) is 8.45. The highest BCUT2D eigenvalue weighted by atomic mass is 32.2. The van der Waals surface area contributed by atoms with Gasteiger partial charge in [0.25, 0.3) is 0 Å². The lowest BCUT2D eigenvalue weighted by Crippen LogP contribution is -2.44. The Hall–Kier alpha value is -2.91. The van der Waals surface area contributed by atoms with E-state index in [4.69, 9.17) is 9.97 Å². The predicted octanol–water partition coefficient (Wildman–Crippen LogP) is 2.58. The molecular weight excluding hydrogens is 400 g/mol. The Kier molecular flexibility index (Phi) is 5.74. The van der Waals surface area contributed by atoms with E-state index in [-0.39, 0.29) is 6.04 Å². The molecule has 0 amide bonds. The van der Waals surface area contributed by atoms with Crippen molar-refractivity contribution in [2.24, 2.45) is 0 Å². The second-order valence-corrected chi connectivity index (χ2v) is 9.20. The van der Waals surface area contributed by atoms with E-state index in [0.29, 0.717) is 11.6 Å². The highest BCUT2D eigenvalue weighted by Gasteiger charge is 2.18. The van der Waals surface area contributed by atoms with E-state index in [1.807, 2.05) is 49.4 Å². The summed E-state index contributed by atoms with van der Waals surface area (Å²) in [4.78, 5) is 11.8. The standard InChI is InChI=1S/C21H26N6O2S/c1-15(16-7-3-6-10-19(16)26-30(2,28)29)23-20-17-8-4-5-9-18(17)24-21(25-20)27-13-11-22-12-14-27/h3-10,15,22,26H,11-14H2,1-2H3,(H,23,24,25). The van der Waals surface area contributed by atoms with Crippen molar-refractivity contribution < 1.29 is 8.42 Å². The first-order valence-corrected chi connectivity index (χ1v) is 11.9. The molecule has 0 aliphatic carbocycles. The lowest BCUT2D eigenvalue weighted by molar-refractivity contribution is 0.580. The smallest absolute Gasteiger partial charge is 0.229 e. The molecule has 1 atom stereocenters. The van der Waals surface area contributed by atoms with Crippen molar-refractivity contribution in [2.75, 3.05) is 47.4 Å². The maximum atomic E-state index is 11.8. The molecule has 1 fully saturated rings. The third-order valence-corrected chi connectivity index (χ3v) is 5.66. The van der Waals surface area contributed by atoms with Crippen LogP contribution in [0.25, 0.3) is 10.9 Å². The van der Waals surface area contributed by atoms with Crippen molar-refractivity contribution in [3.05, 3.63) is 54.1 Å². The molecule has 2 aromatic carbocycles. The Bertz CT molecular complexity index is 1150. The van der Waals surface area contributed by atoms with Crippen LogP contribution in [0.4, 0.5) is 17.5 Å². The van der Waals surface area contributed by atoms with Crippen LogP contribution in [-0.2, 0) is 10.0 Å². The molecule has 0 radical (unpaired) electrons. The largest absolute Gasteiger partial charge is 0.363 e. The molecule has 3 aromatic rings. The van der Waals surface area contributed by atoms with Crippen molar-refractivity contribution in [1.82, 2.24) is 15.3 Å². The zero-order chi connectivity index (χ0) is 21.1. The molecule has 0 spiro atoms. The molecule has 2 heterocycles. The van der Waals surface area contributed by atoms with E-state index < -0.39 is 10.0 Å². The number of rotatable bonds is 6. The third kappa shape index (κ3) is 4.63. The van der Waals surface area contributed by atoms with Gasteiger partial charge in [-0.1, -0.05) is 30.3 Å². The van der Waals surface area contributed by atoms with Gasteiger partial charge in [-0.3, -0.25) is 4.72 Å². The maximum Gasteiger partial charge on any atom is 0.229 e. The van der Waals surface area contributed by atoms with Gasteiger partial charge in [0.1, 0.15) is 5.82 Å². The number of sulfonamides is 1. The predicted molar refractivity (Wildman–Crippen MR) is 122 cm³/mol. The van der Waals surface area contributed by atoms with Crippen LogP contribution in [0.2, 0.25) is 0 Å². The molecule has 0 bridgehead atoms. The first-order chi connectivity index (χ1) is 14.4. The summed E-state index contributed by atoms with van der Waals surface area (Å²) in [6.07, 6.45) is 1.15. The summed E-state index contributed by atoms with van der Waals surface area (Å²) in [5.41, 5.74) is 2.27. The van der Waals surface area contributed by atoms with Crippen LogP contribution in [-0.4, -0.2) is 50.8 Å². The number of hydrogen-bond acceptors (Lipinski definition) is 7. The lowest BCUT2D eigenvalue weighted by atomic mass is 10.1. The minimum absolute atomic E-state index is 0.176. The molecule has 1 aliphatic heterocycles. The summed E-state index contributed by atoms with van der Waals surface area (Å²) in [7, 11) is -3.38. The van der Waals surface area contributed by atoms with Crippen LogP contribution in [0.5, 0.6) is 0 Å². The molecule has 30 heavy (non-hydrogen) atoms. The summed E-state index contributed by atoms with van der Waals surface area (Å²) < 4.78 is 26.1. The molecule has 158 valence electrons. The summed E-state index contributed by atoms with van der Waals surface area (Å²) >= 11 is 0. The second-order valence-electron chi connectivity index (χ2n) is 7.45. The van der Waals surface area contributed by atoms with Crippen LogP contribution >= 0.6 is 0 Å². The van der Waals surface area contributed by atoms with E-state index >= 15 is 0 Å². The number of piperazine rings is 1. The van der Waals surface area contributed by atoms with Crippen molar-refractivity contribution in [3.8, 4) is 0 Å². The Balaban J connectivity index is 1.70. The molecule has 1 saturated heterocycles. The molecule has 0 saturated carbocycles. The van der Waals surface area contributed by atoms with Gasteiger partial charge in [-0.15, -0.1) is 0 Å². The van der Waals surface area contributed by atoms with Gasteiger partial charge >= 0.3 is 0 Å². The lowest BCUT2D eigenvalue weighted by Gasteiger charge is -2.28. The average Bonchev–Trinajstić information content (AvgIpc) is 2.73. The molecule has 4 rings (SSSR count). The number of aromatic nitrogens is 2. The fraction of sp³-hybridized carbons (Fsp3) is 0.333. The summed E-state index contributed by atoms with van der Waals surface area (Å²) in [6.45, 7) is 5.51. The number of hydrogen-bond donors (Lipinski definition) is 3. The van der Waals surface area contributed by atoms with Gasteiger partial charge in [0.2, 0.25) is 16.0 Å². The molecule has 1 aromatic heterocycles. The minimum Gasteiger partial charge on any atom is -0.363 e. The molecular formula is C21H26N6O2S. The fourth-order valence-electron chi connectivity index (χ4n) is 3.63. The number of benzene rings is 2. The van der Waals surface area contributed by atoms with Crippen LogP contribution in [0.15, 0.2) is 48.5 Å². The highest BCUT2D eigenvalue weighted by Crippen LogP contribution is 2.30. The van der Waals surface area contributed by atoms with E-state index in [2.05, 4.69) is 20.3 Å². The number of nitrogens with zero attached hydrogens (tertiary/aromatic N) is 3. The molecule has 9 heteroatoms. The highest BCUT2D eigenvalue weighted by molar-refractivity contribution is 7.92. The Labute approximate surface area is 176 Å². The monoisotopic (exact) mass is 426 g/mol. The molecule has 8 nitrogen and oxygen atoms in total. The number of nitrogens with one attached hydrogen (secondary N) is 3. The number of fused-ring (bicyclic) bond motifs is 1. The van der Waals surface area contributed by atoms with Crippen molar-refractivity contribution in [2.45, 2.75) is 13.0 Å². The van der Waals surface area contributed by atoms with E-state index in [1.165, 1.54) is 0 Å². The van der Waals surface area contributed by atoms with Crippen molar-refractivity contribution in [3.63, 3.8) is 0 Å². The summed E-state index contributed by atoms with van der Waals surface area (Å²) in [5, 5.41) is 7.75. The topological polar surface area (TPSA) is 99.2 Å². The van der Waals surface area contributed by atoms with Crippen molar-refractivity contribution in [1.29, 1.82) is 0 Å². The fourth-order valence-corrected chi connectivity index (χ4v) is 4.22. The molecule has 1 aliphatic rings. The minimum atomic E-state index is -3.38. The van der Waals surface area contributed by atoms with Gasteiger partial charge in [0.05, 0.1) is 23.5 Å². The van der Waals surface area contributed by atoms with E-state index in [1.54, 1.807) is 6.07 Å². The Morgan fingerprint density at radius 3 is 2.50 bits per heavy atom. The van der Waals surface area contributed by atoms with E-state index in [0.717, 1.165) is 54.7 Å². The van der Waals surface area contributed by atoms with Crippen molar-refractivity contribution >= 4 is 38.4 Å². The summed E-state index contributed by atoms with van der Waals surface area (Å²) in [6, 6.07) is 15.1. The first kappa shape index (κ1) is 20.4.